The highest BCUT2D eigenvalue weighted by molar-refractivity contribution is 5.17. The first-order valence-electron chi connectivity index (χ1n) is 3.20. The number of nitrogens with two attached hydrogens (primary N) is 1. The van der Waals surface area contributed by atoms with Crippen LogP contribution in [-0.4, -0.2) is 10.1 Å². The predicted molar refractivity (Wildman–Crippen MR) is 34.1 cm³/mol. The molecule has 0 aromatic carbocycles. The van der Waals surface area contributed by atoms with Crippen molar-refractivity contribution in [2.45, 2.75) is 18.8 Å². The van der Waals surface area contributed by atoms with Gasteiger partial charge in [0.15, 0.2) is 5.82 Å². The van der Waals surface area contributed by atoms with E-state index < -0.39 is 0 Å². The Morgan fingerprint density at radius 3 is 2.90 bits per heavy atom. The van der Waals surface area contributed by atoms with Crippen LogP contribution in [0.1, 0.15) is 24.6 Å². The highest BCUT2D eigenvalue weighted by atomic mass is 16.5. The van der Waals surface area contributed by atoms with Gasteiger partial charge in [-0.1, -0.05) is 5.16 Å². The number of hydrogen-bond acceptors (Lipinski definition) is 5. The summed E-state index contributed by atoms with van der Waals surface area (Å²) < 4.78 is 4.72. The van der Waals surface area contributed by atoms with Gasteiger partial charge in [0.2, 0.25) is 0 Å². The largest absolute Gasteiger partial charge is 0.335 e. The number of nitrogens with zero attached hydrogens (tertiary/aromatic N) is 2. The fourth-order valence-electron chi connectivity index (χ4n) is 0.801. The highest BCUT2D eigenvalue weighted by Gasteiger charge is 2.28. The first-order chi connectivity index (χ1) is 4.90. The van der Waals surface area contributed by atoms with Crippen molar-refractivity contribution in [2.75, 3.05) is 5.43 Å². The molecule has 1 heterocycles. The zero-order chi connectivity index (χ0) is 6.97. The molecule has 0 saturated heterocycles. The second-order valence-electron chi connectivity index (χ2n) is 2.38. The lowest BCUT2D eigenvalue weighted by atomic mass is 10.4. The van der Waals surface area contributed by atoms with Gasteiger partial charge in [-0.25, -0.2) is 5.84 Å². The third-order valence-electron chi connectivity index (χ3n) is 1.51. The number of anilines is 1. The molecule has 0 atom stereocenters. The molecule has 5 nitrogen and oxygen atoms in total. The Bertz CT molecular complexity index is 229. The Hall–Kier alpha value is -1.10. The molecule has 0 unspecified atom stereocenters. The molecule has 1 saturated carbocycles. The van der Waals surface area contributed by atoms with Crippen molar-refractivity contribution in [3.05, 3.63) is 5.82 Å². The van der Waals surface area contributed by atoms with Crippen LogP contribution >= 0.6 is 0 Å². The lowest BCUT2D eigenvalue weighted by Gasteiger charge is -1.83. The van der Waals surface area contributed by atoms with Crippen LogP contribution in [-0.2, 0) is 0 Å². The zero-order valence-electron chi connectivity index (χ0n) is 5.37. The minimum absolute atomic E-state index is 0.293. The Kier molecular flexibility index (Phi) is 1.10. The summed E-state index contributed by atoms with van der Waals surface area (Å²) in [6, 6.07) is 0.293. The smallest absolute Gasteiger partial charge is 0.314 e. The summed E-state index contributed by atoms with van der Waals surface area (Å²) in [5.74, 6) is 6.33. The van der Waals surface area contributed by atoms with E-state index in [2.05, 4.69) is 15.6 Å². The van der Waals surface area contributed by atoms with Gasteiger partial charge in [-0.05, 0) is 12.8 Å². The molecule has 0 spiro atoms. The number of hydrogen-bond donors (Lipinski definition) is 2. The van der Waals surface area contributed by atoms with Gasteiger partial charge in [-0.15, -0.1) is 0 Å². The summed E-state index contributed by atoms with van der Waals surface area (Å²) in [7, 11) is 0. The molecule has 0 aliphatic heterocycles. The molecular formula is C5H8N4O. The predicted octanol–water partition coefficient (Wildman–Crippen LogP) is 0.233. The lowest BCUT2D eigenvalue weighted by molar-refractivity contribution is 0.423. The molecule has 5 heteroatoms. The number of aromatic nitrogens is 2. The second kappa shape index (κ2) is 1.95. The van der Waals surface area contributed by atoms with Gasteiger partial charge < -0.3 is 4.52 Å². The van der Waals surface area contributed by atoms with Gasteiger partial charge in [-0.3, -0.25) is 5.43 Å². The van der Waals surface area contributed by atoms with E-state index in [0.29, 0.717) is 11.9 Å². The minimum atomic E-state index is 0.293. The topological polar surface area (TPSA) is 77.0 Å². The van der Waals surface area contributed by atoms with E-state index in [1.54, 1.807) is 0 Å². The van der Waals surface area contributed by atoms with E-state index in [4.69, 9.17) is 10.4 Å². The Balaban J connectivity index is 2.19. The van der Waals surface area contributed by atoms with E-state index in [1.807, 2.05) is 0 Å². The van der Waals surface area contributed by atoms with E-state index in [0.717, 1.165) is 5.82 Å². The SMILES string of the molecule is NNc1nc(C2CC2)no1. The normalized spacial score (nSPS) is 17.3. The van der Waals surface area contributed by atoms with Crippen LogP contribution in [0.2, 0.25) is 0 Å². The summed E-state index contributed by atoms with van der Waals surface area (Å²) in [6.45, 7) is 0. The summed E-state index contributed by atoms with van der Waals surface area (Å²) in [6.07, 6.45) is 2.34. The van der Waals surface area contributed by atoms with Crippen LogP contribution in [0.4, 0.5) is 6.01 Å². The fourth-order valence-corrected chi connectivity index (χ4v) is 0.801. The molecule has 0 bridgehead atoms. The average molecular weight is 140 g/mol. The highest BCUT2D eigenvalue weighted by Crippen LogP contribution is 2.38. The van der Waals surface area contributed by atoms with Crippen LogP contribution in [0.5, 0.6) is 0 Å². The number of rotatable bonds is 2. The first-order valence-corrected chi connectivity index (χ1v) is 3.20. The maximum Gasteiger partial charge on any atom is 0.335 e. The Morgan fingerprint density at radius 1 is 1.60 bits per heavy atom. The van der Waals surface area contributed by atoms with Crippen LogP contribution in [0.25, 0.3) is 0 Å². The maximum absolute atomic E-state index is 5.04. The molecule has 1 aliphatic carbocycles. The van der Waals surface area contributed by atoms with Gasteiger partial charge in [0, 0.05) is 5.92 Å². The maximum atomic E-state index is 5.04. The van der Waals surface area contributed by atoms with Crippen molar-refractivity contribution in [1.29, 1.82) is 0 Å². The molecule has 1 fully saturated rings. The summed E-state index contributed by atoms with van der Waals surface area (Å²) in [4.78, 5) is 3.98. The summed E-state index contributed by atoms with van der Waals surface area (Å²) >= 11 is 0. The second-order valence-corrected chi connectivity index (χ2v) is 2.38. The summed E-state index contributed by atoms with van der Waals surface area (Å²) in [5.41, 5.74) is 2.29. The molecule has 2 rings (SSSR count). The molecule has 1 aliphatic rings. The molecular weight excluding hydrogens is 132 g/mol. The molecule has 54 valence electrons. The first kappa shape index (κ1) is 5.67. The molecule has 10 heavy (non-hydrogen) atoms. The number of nitrogen functional groups attached to an aromatic ring is 1. The standard InChI is InChI=1S/C5H8N4O/c6-8-5-7-4(9-10-5)3-1-2-3/h3H,1-2,6H2,(H,7,8,9). The van der Waals surface area contributed by atoms with Crippen LogP contribution in [0.3, 0.4) is 0 Å². The quantitative estimate of drug-likeness (QED) is 0.454. The third-order valence-corrected chi connectivity index (χ3v) is 1.51. The van der Waals surface area contributed by atoms with Crippen LogP contribution < -0.4 is 11.3 Å². The number of nitrogens with one attached hydrogen (secondary N) is 1. The summed E-state index contributed by atoms with van der Waals surface area (Å²) in [5, 5.41) is 3.72. The van der Waals surface area contributed by atoms with Crippen molar-refractivity contribution in [3.8, 4) is 0 Å². The Labute approximate surface area is 57.6 Å². The van der Waals surface area contributed by atoms with Gasteiger partial charge in [0.25, 0.3) is 0 Å². The van der Waals surface area contributed by atoms with E-state index in [9.17, 15) is 0 Å². The van der Waals surface area contributed by atoms with Crippen molar-refractivity contribution in [1.82, 2.24) is 10.1 Å². The molecule has 1 aromatic rings. The minimum Gasteiger partial charge on any atom is -0.314 e. The third kappa shape index (κ3) is 0.841. The molecule has 1 aromatic heterocycles. The zero-order valence-corrected chi connectivity index (χ0v) is 5.37. The fraction of sp³-hybridized carbons (Fsp3) is 0.600. The van der Waals surface area contributed by atoms with Crippen molar-refractivity contribution in [3.63, 3.8) is 0 Å². The van der Waals surface area contributed by atoms with Gasteiger partial charge in [0.1, 0.15) is 0 Å². The lowest BCUT2D eigenvalue weighted by Crippen LogP contribution is -2.06. The molecule has 0 radical (unpaired) electrons. The van der Waals surface area contributed by atoms with Crippen molar-refractivity contribution in [2.24, 2.45) is 5.84 Å². The number of hydrazine groups is 1. The van der Waals surface area contributed by atoms with E-state index >= 15 is 0 Å². The van der Waals surface area contributed by atoms with Gasteiger partial charge in [0.05, 0.1) is 0 Å². The van der Waals surface area contributed by atoms with Crippen LogP contribution in [0.15, 0.2) is 4.52 Å². The van der Waals surface area contributed by atoms with Gasteiger partial charge in [-0.2, -0.15) is 4.98 Å². The Morgan fingerprint density at radius 2 is 2.40 bits per heavy atom. The van der Waals surface area contributed by atoms with Gasteiger partial charge >= 0.3 is 6.01 Å². The monoisotopic (exact) mass is 140 g/mol. The van der Waals surface area contributed by atoms with Crippen molar-refractivity contribution < 1.29 is 4.52 Å². The average Bonchev–Trinajstić information content (AvgIpc) is 2.70. The molecule has 3 N–H and O–H groups in total. The van der Waals surface area contributed by atoms with E-state index in [1.165, 1.54) is 12.8 Å². The van der Waals surface area contributed by atoms with Crippen molar-refractivity contribution >= 4 is 6.01 Å². The van der Waals surface area contributed by atoms with Crippen LogP contribution in [0, 0.1) is 0 Å². The molecule has 0 amide bonds. The van der Waals surface area contributed by atoms with E-state index in [-0.39, 0.29) is 0 Å².